The Bertz CT molecular complexity index is 685. The second kappa shape index (κ2) is 8.75. The van der Waals surface area contributed by atoms with Crippen molar-refractivity contribution in [1.82, 2.24) is 0 Å². The Hall–Kier alpha value is -1.18. The highest BCUT2D eigenvalue weighted by atomic mass is 16.5. The molecular formula is C23H39N4O3+. The molecule has 0 spiro atoms. The maximum Gasteiger partial charge on any atom is 0.192 e. The molecule has 4 aliphatic carbocycles. The van der Waals surface area contributed by atoms with Crippen LogP contribution < -0.4 is 5.43 Å². The Morgan fingerprint density at radius 2 is 1.97 bits per heavy atom. The number of nitrogens with one attached hydrogen (secondary N) is 1. The third-order valence-corrected chi connectivity index (χ3v) is 9.40. The minimum absolute atomic E-state index is 0.128. The molecule has 7 heteroatoms. The summed E-state index contributed by atoms with van der Waals surface area (Å²) < 4.78 is 5.31. The molecule has 4 aliphatic rings. The van der Waals surface area contributed by atoms with Gasteiger partial charge in [0.15, 0.2) is 12.3 Å². The lowest BCUT2D eigenvalue weighted by molar-refractivity contribution is -0.657. The molecule has 4 N–H and O–H groups in total. The molecule has 7 nitrogen and oxygen atoms in total. The van der Waals surface area contributed by atoms with Crippen LogP contribution in [0.5, 0.6) is 0 Å². The maximum atomic E-state index is 13.0. The number of hydrogen-bond donors (Lipinski definition) is 3. The van der Waals surface area contributed by atoms with E-state index in [0.717, 1.165) is 56.2 Å². The Kier molecular flexibility index (Phi) is 6.43. The second-order valence-electron chi connectivity index (χ2n) is 10.7. The molecule has 0 aromatic heterocycles. The minimum atomic E-state index is -0.623. The van der Waals surface area contributed by atoms with Gasteiger partial charge in [-0.25, -0.2) is 0 Å². The Labute approximate surface area is 179 Å². The smallest absolute Gasteiger partial charge is 0.192 e. The van der Waals surface area contributed by atoms with Gasteiger partial charge in [0, 0.05) is 18.3 Å². The zero-order valence-corrected chi connectivity index (χ0v) is 18.6. The van der Waals surface area contributed by atoms with Crippen LogP contribution in [-0.2, 0) is 9.53 Å². The van der Waals surface area contributed by atoms with E-state index in [2.05, 4.69) is 17.3 Å². The number of nitrogens with zero attached hydrogens (tertiary/aromatic N) is 2. The number of carbonyl (C=O) groups excluding carboxylic acids is 1. The van der Waals surface area contributed by atoms with Gasteiger partial charge >= 0.3 is 0 Å². The first kappa shape index (κ1) is 22.0. The number of ether oxygens (including phenoxy) is 1. The van der Waals surface area contributed by atoms with Gasteiger partial charge in [-0.2, -0.15) is 5.43 Å². The number of aliphatic hydroxyl groups is 1. The lowest BCUT2D eigenvalue weighted by Crippen LogP contribution is -2.80. The van der Waals surface area contributed by atoms with Crippen LogP contribution in [0, 0.1) is 46.3 Å². The normalized spacial score (nSPS) is 45.6. The zero-order chi connectivity index (χ0) is 21.4. The minimum Gasteiger partial charge on any atom is -0.387 e. The quantitative estimate of drug-likeness (QED) is 0.194. The largest absolute Gasteiger partial charge is 0.387 e. The van der Waals surface area contributed by atoms with Gasteiger partial charge in [-0.3, -0.25) is 10.2 Å². The van der Waals surface area contributed by atoms with Crippen LogP contribution in [0.3, 0.4) is 0 Å². The fourth-order valence-corrected chi connectivity index (χ4v) is 8.24. The maximum absolute atomic E-state index is 13.0. The van der Waals surface area contributed by atoms with Crippen LogP contribution in [-0.4, -0.2) is 43.1 Å². The molecular weight excluding hydrogens is 380 g/mol. The monoisotopic (exact) mass is 419 g/mol. The first-order valence-electron chi connectivity index (χ1n) is 11.9. The molecule has 0 aliphatic heterocycles. The molecule has 0 saturated heterocycles. The summed E-state index contributed by atoms with van der Waals surface area (Å²) in [5, 5.41) is 25.1. The molecule has 4 fully saturated rings. The summed E-state index contributed by atoms with van der Waals surface area (Å²) >= 11 is 0. The van der Waals surface area contributed by atoms with E-state index in [-0.39, 0.29) is 11.3 Å². The van der Waals surface area contributed by atoms with Crippen molar-refractivity contribution in [3.63, 3.8) is 0 Å². The summed E-state index contributed by atoms with van der Waals surface area (Å²) in [6.45, 7) is 3.18. The molecule has 0 amide bonds. The summed E-state index contributed by atoms with van der Waals surface area (Å²) in [5.41, 5.74) is 1.07. The molecule has 8 atom stereocenters. The van der Waals surface area contributed by atoms with Crippen molar-refractivity contribution in [2.24, 2.45) is 51.3 Å². The Morgan fingerprint density at radius 3 is 2.73 bits per heavy atom. The highest BCUT2D eigenvalue weighted by Crippen LogP contribution is 2.64. The average molecular weight is 420 g/mol. The van der Waals surface area contributed by atoms with Crippen molar-refractivity contribution in [3.8, 4) is 0 Å². The number of rotatable bonds is 7. The first-order chi connectivity index (χ1) is 14.4. The van der Waals surface area contributed by atoms with Gasteiger partial charge in [-0.15, -0.1) is 0 Å². The Morgan fingerprint density at radius 1 is 1.17 bits per heavy atom. The van der Waals surface area contributed by atoms with Crippen LogP contribution in [0.25, 0.3) is 0 Å². The molecule has 30 heavy (non-hydrogen) atoms. The van der Waals surface area contributed by atoms with E-state index in [1.165, 1.54) is 25.7 Å². The van der Waals surface area contributed by atoms with E-state index >= 15 is 0 Å². The molecule has 0 heterocycles. The number of carbonyl (C=O) groups is 1. The Balaban J connectivity index is 1.42. The molecule has 168 valence electrons. The third-order valence-electron chi connectivity index (χ3n) is 9.40. The summed E-state index contributed by atoms with van der Waals surface area (Å²) in [6, 6.07) is 0. The molecule has 8 unspecified atom stereocenters. The number of nitrogens with two attached hydrogens (primary N) is 1. The lowest BCUT2D eigenvalue weighted by Gasteiger charge is -2.57. The molecule has 0 radical (unpaired) electrons. The predicted molar refractivity (Wildman–Crippen MR) is 113 cm³/mol. The fourth-order valence-electron chi connectivity index (χ4n) is 8.24. The molecule has 4 saturated carbocycles. The summed E-state index contributed by atoms with van der Waals surface area (Å²) in [7, 11) is 1.69. The molecule has 0 aromatic carbocycles. The van der Waals surface area contributed by atoms with E-state index in [4.69, 9.17) is 10.1 Å². The molecule has 4 rings (SSSR count). The van der Waals surface area contributed by atoms with Gasteiger partial charge in [0.05, 0.1) is 12.2 Å². The number of quaternary nitrogens is 1. The first-order valence-corrected chi connectivity index (χ1v) is 11.9. The van der Waals surface area contributed by atoms with Gasteiger partial charge < -0.3 is 9.84 Å². The van der Waals surface area contributed by atoms with E-state index in [1.807, 2.05) is 0 Å². The van der Waals surface area contributed by atoms with E-state index in [0.29, 0.717) is 30.8 Å². The average Bonchev–Trinajstić information content (AvgIpc) is 3.08. The van der Waals surface area contributed by atoms with Crippen molar-refractivity contribution >= 4 is 12.1 Å². The van der Waals surface area contributed by atoms with Crippen LogP contribution in [0.2, 0.25) is 0 Å². The number of fused-ring (bicyclic) bond motifs is 5. The van der Waals surface area contributed by atoms with Gasteiger partial charge in [-0.05, 0) is 92.8 Å². The SMILES string of the molecule is COCC1(O)CCC2C(CCC3C2CCC2(C)C(C(=O)C[NH2+]N=NC=N)CCC32)C1. The predicted octanol–water partition coefficient (Wildman–Crippen LogP) is 2.74. The summed E-state index contributed by atoms with van der Waals surface area (Å²) in [5.74, 6) is 4.01. The van der Waals surface area contributed by atoms with Crippen LogP contribution in [0.4, 0.5) is 0 Å². The summed E-state index contributed by atoms with van der Waals surface area (Å²) in [6.07, 6.45) is 10.9. The molecule has 0 aromatic rings. The standard InChI is InChI=1S/C23H38N4O3/c1-22-9-7-17-16-8-10-23(29,13-30-2)11-15(16)3-4-18(17)19(22)5-6-20(22)21(28)12-25-27-26-14-24/h14-20,29H,3-13H2,1-2H3,(H2,24,25,26)/p+1. The highest BCUT2D eigenvalue weighted by molar-refractivity contribution is 5.83. The van der Waals surface area contributed by atoms with E-state index in [9.17, 15) is 9.90 Å². The van der Waals surface area contributed by atoms with Crippen LogP contribution >= 0.6 is 0 Å². The van der Waals surface area contributed by atoms with Crippen LogP contribution in [0.1, 0.15) is 64.7 Å². The topological polar surface area (TPSA) is 112 Å². The van der Waals surface area contributed by atoms with Gasteiger partial charge in [0.1, 0.15) is 6.34 Å². The van der Waals surface area contributed by atoms with Crippen molar-refractivity contribution < 1.29 is 20.1 Å². The third kappa shape index (κ3) is 3.89. The van der Waals surface area contributed by atoms with Crippen LogP contribution in [0.15, 0.2) is 10.3 Å². The number of Topliss-reactive ketones (excluding diaryl/α,β-unsaturated/α-hetero) is 1. The van der Waals surface area contributed by atoms with E-state index in [1.54, 1.807) is 12.5 Å². The number of methoxy groups -OCH3 is 1. The van der Waals surface area contributed by atoms with Gasteiger partial charge in [0.2, 0.25) is 0 Å². The van der Waals surface area contributed by atoms with Crippen molar-refractivity contribution in [3.05, 3.63) is 0 Å². The zero-order valence-electron chi connectivity index (χ0n) is 18.6. The number of hydrogen-bond acceptors (Lipinski definition) is 5. The van der Waals surface area contributed by atoms with Gasteiger partial charge in [0.25, 0.3) is 0 Å². The lowest BCUT2D eigenvalue weighted by atomic mass is 9.49. The van der Waals surface area contributed by atoms with Gasteiger partial charge in [-0.1, -0.05) is 12.0 Å². The second-order valence-corrected chi connectivity index (χ2v) is 10.7. The van der Waals surface area contributed by atoms with Crippen molar-refractivity contribution in [1.29, 1.82) is 5.41 Å². The summed E-state index contributed by atoms with van der Waals surface area (Å²) in [4.78, 5) is 13.0. The van der Waals surface area contributed by atoms with E-state index < -0.39 is 5.60 Å². The highest BCUT2D eigenvalue weighted by Gasteiger charge is 2.59. The number of ketones is 1. The molecule has 0 bridgehead atoms. The van der Waals surface area contributed by atoms with Crippen molar-refractivity contribution in [2.75, 3.05) is 20.3 Å². The fraction of sp³-hybridized carbons (Fsp3) is 0.913. The van der Waals surface area contributed by atoms with Crippen molar-refractivity contribution in [2.45, 2.75) is 70.3 Å².